The zero-order valence-corrected chi connectivity index (χ0v) is 11.2. The highest BCUT2D eigenvalue weighted by Crippen LogP contribution is 2.33. The lowest BCUT2D eigenvalue weighted by molar-refractivity contribution is 0.457. The summed E-state index contributed by atoms with van der Waals surface area (Å²) >= 11 is 0. The molecule has 18 heavy (non-hydrogen) atoms. The molecule has 0 saturated heterocycles. The predicted octanol–water partition coefficient (Wildman–Crippen LogP) is 1.91. The van der Waals surface area contributed by atoms with Crippen LogP contribution < -0.4 is 0 Å². The van der Waals surface area contributed by atoms with Crippen LogP contribution in [0.25, 0.3) is 10.9 Å². The third kappa shape index (κ3) is 1.92. The number of nitrogens with zero attached hydrogens (tertiary/aromatic N) is 2. The molecule has 0 fully saturated rings. The summed E-state index contributed by atoms with van der Waals surface area (Å²) in [4.78, 5) is 7.72. The monoisotopic (exact) mass is 266 g/mol. The number of phenols is 1. The minimum Gasteiger partial charge on any atom is -0.507 e. The number of sulfone groups is 1. The van der Waals surface area contributed by atoms with Crippen molar-refractivity contribution in [2.45, 2.75) is 30.4 Å². The topological polar surface area (TPSA) is 80.2 Å². The molecule has 0 radical (unpaired) electrons. The zero-order valence-electron chi connectivity index (χ0n) is 10.4. The van der Waals surface area contributed by atoms with E-state index in [0.29, 0.717) is 10.9 Å². The number of phenolic OH excluding ortho intramolecular Hbond substituents is 1. The minimum atomic E-state index is -3.60. The molecule has 0 aliphatic heterocycles. The van der Waals surface area contributed by atoms with E-state index >= 15 is 0 Å². The number of rotatable bonds is 1. The first-order chi connectivity index (χ1) is 8.23. The highest BCUT2D eigenvalue weighted by molar-refractivity contribution is 7.92. The van der Waals surface area contributed by atoms with Crippen LogP contribution in [0.1, 0.15) is 20.8 Å². The van der Waals surface area contributed by atoms with Crippen molar-refractivity contribution in [2.75, 3.05) is 0 Å². The van der Waals surface area contributed by atoms with Crippen molar-refractivity contribution in [3.63, 3.8) is 0 Å². The van der Waals surface area contributed by atoms with Gasteiger partial charge in [-0.2, -0.15) is 0 Å². The summed E-state index contributed by atoms with van der Waals surface area (Å²) in [5.74, 6) is -0.281. The molecule has 5 nitrogen and oxygen atoms in total. The molecule has 1 aromatic heterocycles. The maximum atomic E-state index is 12.3. The van der Waals surface area contributed by atoms with Crippen molar-refractivity contribution in [3.05, 3.63) is 24.7 Å². The molecule has 0 amide bonds. The average molecular weight is 266 g/mol. The second kappa shape index (κ2) is 3.91. The second-order valence-electron chi connectivity index (χ2n) is 5.02. The molecule has 0 bridgehead atoms. The molecular formula is C12H14N2O3S. The Balaban J connectivity index is 2.77. The van der Waals surface area contributed by atoms with Gasteiger partial charge in [-0.3, -0.25) is 0 Å². The highest BCUT2D eigenvalue weighted by Gasteiger charge is 2.33. The SMILES string of the molecule is CC(C)(C)S(=O)(=O)c1cc2cncnc2cc1O. The Morgan fingerprint density at radius 2 is 1.89 bits per heavy atom. The standard InChI is InChI=1S/C12H14N2O3S/c1-12(2,3)18(16,17)11-4-8-6-13-7-14-9(8)5-10(11)15/h4-7,15H,1-3H3. The molecule has 0 unspecified atom stereocenters. The molecular weight excluding hydrogens is 252 g/mol. The normalized spacial score (nSPS) is 12.8. The summed E-state index contributed by atoms with van der Waals surface area (Å²) in [6.07, 6.45) is 2.86. The van der Waals surface area contributed by atoms with Crippen LogP contribution in [0, 0.1) is 0 Å². The van der Waals surface area contributed by atoms with E-state index in [0.717, 1.165) is 0 Å². The van der Waals surface area contributed by atoms with E-state index in [-0.39, 0.29) is 10.6 Å². The maximum absolute atomic E-state index is 12.3. The fourth-order valence-electron chi connectivity index (χ4n) is 1.54. The summed E-state index contributed by atoms with van der Waals surface area (Å²) in [5, 5.41) is 10.4. The minimum absolute atomic E-state index is 0.0858. The van der Waals surface area contributed by atoms with Gasteiger partial charge in [-0.15, -0.1) is 0 Å². The Hall–Kier alpha value is -1.69. The van der Waals surface area contributed by atoms with Gasteiger partial charge < -0.3 is 5.11 Å². The number of hydrogen-bond donors (Lipinski definition) is 1. The van der Waals surface area contributed by atoms with E-state index in [4.69, 9.17) is 0 Å². The van der Waals surface area contributed by atoms with Gasteiger partial charge in [0, 0.05) is 17.6 Å². The molecule has 0 atom stereocenters. The first-order valence-corrected chi connectivity index (χ1v) is 6.89. The summed E-state index contributed by atoms with van der Waals surface area (Å²) in [7, 11) is -3.60. The Labute approximate surface area is 105 Å². The lowest BCUT2D eigenvalue weighted by atomic mass is 10.2. The fraction of sp³-hybridized carbons (Fsp3) is 0.333. The van der Waals surface area contributed by atoms with Crippen molar-refractivity contribution < 1.29 is 13.5 Å². The molecule has 0 spiro atoms. The smallest absolute Gasteiger partial charge is 0.186 e. The van der Waals surface area contributed by atoms with Crippen molar-refractivity contribution in [3.8, 4) is 5.75 Å². The van der Waals surface area contributed by atoms with Gasteiger partial charge in [-0.25, -0.2) is 18.4 Å². The van der Waals surface area contributed by atoms with Crippen LogP contribution in [0.3, 0.4) is 0 Å². The van der Waals surface area contributed by atoms with Crippen molar-refractivity contribution in [1.29, 1.82) is 0 Å². The summed E-state index contributed by atoms with van der Waals surface area (Å²) in [6.45, 7) is 4.77. The third-order valence-electron chi connectivity index (χ3n) is 2.68. The van der Waals surface area contributed by atoms with Crippen LogP contribution in [0.5, 0.6) is 5.75 Å². The molecule has 0 saturated carbocycles. The van der Waals surface area contributed by atoms with Crippen LogP contribution in [-0.2, 0) is 9.84 Å². The molecule has 6 heteroatoms. The average Bonchev–Trinajstić information content (AvgIpc) is 2.26. The van der Waals surface area contributed by atoms with Gasteiger partial charge in [0.15, 0.2) is 9.84 Å². The van der Waals surface area contributed by atoms with Gasteiger partial charge in [-0.05, 0) is 26.8 Å². The Bertz CT molecular complexity index is 703. The number of hydrogen-bond acceptors (Lipinski definition) is 5. The van der Waals surface area contributed by atoms with Gasteiger partial charge in [0.2, 0.25) is 0 Å². The fourth-order valence-corrected chi connectivity index (χ4v) is 2.82. The molecule has 0 aliphatic carbocycles. The van der Waals surface area contributed by atoms with Crippen molar-refractivity contribution in [2.24, 2.45) is 0 Å². The third-order valence-corrected chi connectivity index (χ3v) is 5.20. The molecule has 0 aliphatic rings. The van der Waals surface area contributed by atoms with Crippen LogP contribution in [0.4, 0.5) is 0 Å². The summed E-state index contributed by atoms with van der Waals surface area (Å²) < 4.78 is 23.7. The van der Waals surface area contributed by atoms with Crippen molar-refractivity contribution in [1.82, 2.24) is 9.97 Å². The lowest BCUT2D eigenvalue weighted by Gasteiger charge is -2.20. The van der Waals surface area contributed by atoms with Gasteiger partial charge in [0.1, 0.15) is 17.0 Å². The number of fused-ring (bicyclic) bond motifs is 1. The van der Waals surface area contributed by atoms with Crippen LogP contribution in [0.15, 0.2) is 29.6 Å². The van der Waals surface area contributed by atoms with E-state index < -0.39 is 14.6 Å². The molecule has 2 aromatic rings. The van der Waals surface area contributed by atoms with Crippen LogP contribution in [-0.4, -0.2) is 28.2 Å². The highest BCUT2D eigenvalue weighted by atomic mass is 32.2. The molecule has 96 valence electrons. The first-order valence-electron chi connectivity index (χ1n) is 5.41. The molecule has 2 rings (SSSR count). The quantitative estimate of drug-likeness (QED) is 0.852. The Kier molecular flexibility index (Phi) is 2.77. The zero-order chi connectivity index (χ0) is 13.6. The Morgan fingerprint density at radius 3 is 2.50 bits per heavy atom. The summed E-state index contributed by atoms with van der Waals surface area (Å²) in [5.41, 5.74) is 0.510. The lowest BCUT2D eigenvalue weighted by Crippen LogP contribution is -2.28. The molecule has 1 heterocycles. The van der Waals surface area contributed by atoms with E-state index in [9.17, 15) is 13.5 Å². The second-order valence-corrected chi connectivity index (χ2v) is 7.69. The van der Waals surface area contributed by atoms with Crippen LogP contribution >= 0.6 is 0 Å². The van der Waals surface area contributed by atoms with Crippen LogP contribution in [0.2, 0.25) is 0 Å². The van der Waals surface area contributed by atoms with Gasteiger partial charge in [0.25, 0.3) is 0 Å². The van der Waals surface area contributed by atoms with E-state index in [1.165, 1.54) is 24.7 Å². The van der Waals surface area contributed by atoms with Crippen molar-refractivity contribution >= 4 is 20.7 Å². The van der Waals surface area contributed by atoms with E-state index in [2.05, 4.69) is 9.97 Å². The number of aromatic nitrogens is 2. The summed E-state index contributed by atoms with van der Waals surface area (Å²) in [6, 6.07) is 2.75. The molecule has 1 N–H and O–H groups in total. The predicted molar refractivity (Wildman–Crippen MR) is 68.1 cm³/mol. The van der Waals surface area contributed by atoms with E-state index in [1.54, 1.807) is 20.8 Å². The molecule has 1 aromatic carbocycles. The largest absolute Gasteiger partial charge is 0.507 e. The Morgan fingerprint density at radius 1 is 1.22 bits per heavy atom. The van der Waals surface area contributed by atoms with Gasteiger partial charge in [-0.1, -0.05) is 0 Å². The first kappa shape index (κ1) is 12.8. The maximum Gasteiger partial charge on any atom is 0.186 e. The van der Waals surface area contributed by atoms with Gasteiger partial charge >= 0.3 is 0 Å². The van der Waals surface area contributed by atoms with E-state index in [1.807, 2.05) is 0 Å². The van der Waals surface area contributed by atoms with Gasteiger partial charge in [0.05, 0.1) is 10.3 Å². The number of aromatic hydroxyl groups is 1. The number of benzene rings is 1.